The smallest absolute Gasteiger partial charge is 0.145 e. The van der Waals surface area contributed by atoms with E-state index >= 15 is 0 Å². The van der Waals surface area contributed by atoms with Crippen LogP contribution in [0.3, 0.4) is 0 Å². The second kappa shape index (κ2) is 6.61. The summed E-state index contributed by atoms with van der Waals surface area (Å²) >= 11 is 1.80. The van der Waals surface area contributed by atoms with E-state index < -0.39 is 0 Å². The summed E-state index contributed by atoms with van der Waals surface area (Å²) in [4.78, 5) is 8.87. The molecule has 0 saturated heterocycles. The molecule has 6 rings (SSSR count). The molecule has 3 heterocycles. The van der Waals surface area contributed by atoms with Crippen molar-refractivity contribution < 1.29 is 0 Å². The molecule has 0 N–H and O–H groups in total. The molecular formula is C25H19N3S. The van der Waals surface area contributed by atoms with Crippen molar-refractivity contribution >= 4 is 28.1 Å². The van der Waals surface area contributed by atoms with Gasteiger partial charge in [-0.1, -0.05) is 60.7 Å². The number of para-hydroxylation sites is 3. The third kappa shape index (κ3) is 2.60. The summed E-state index contributed by atoms with van der Waals surface area (Å²) in [6.07, 6.45) is 0.0764. The predicted octanol–water partition coefficient (Wildman–Crippen LogP) is 6.33. The van der Waals surface area contributed by atoms with E-state index in [0.29, 0.717) is 0 Å². The second-order valence-corrected chi connectivity index (χ2v) is 8.29. The molecule has 5 aromatic rings. The number of fused-ring (bicyclic) bond motifs is 5. The summed E-state index contributed by atoms with van der Waals surface area (Å²) in [5.41, 5.74) is 5.94. The summed E-state index contributed by atoms with van der Waals surface area (Å²) in [6, 6.07) is 32.2. The highest BCUT2D eigenvalue weighted by atomic mass is 32.1. The zero-order valence-electron chi connectivity index (χ0n) is 15.8. The molecule has 0 bridgehead atoms. The van der Waals surface area contributed by atoms with Gasteiger partial charge in [0.15, 0.2) is 0 Å². The Morgan fingerprint density at radius 2 is 1.59 bits per heavy atom. The number of hydrogen-bond acceptors (Lipinski definition) is 3. The van der Waals surface area contributed by atoms with Gasteiger partial charge in [0.25, 0.3) is 0 Å². The lowest BCUT2D eigenvalue weighted by atomic mass is 10.0. The highest BCUT2D eigenvalue weighted by molar-refractivity contribution is 7.10. The molecule has 140 valence electrons. The van der Waals surface area contributed by atoms with Gasteiger partial charge in [-0.25, -0.2) is 4.98 Å². The van der Waals surface area contributed by atoms with Crippen molar-refractivity contribution in [1.29, 1.82) is 0 Å². The summed E-state index contributed by atoms with van der Waals surface area (Å²) in [6.45, 7) is 0.840. The van der Waals surface area contributed by atoms with Gasteiger partial charge < -0.3 is 4.90 Å². The van der Waals surface area contributed by atoms with Crippen LogP contribution in [-0.4, -0.2) is 9.55 Å². The minimum atomic E-state index is 0.0764. The first kappa shape index (κ1) is 16.6. The van der Waals surface area contributed by atoms with Gasteiger partial charge in [0.2, 0.25) is 0 Å². The maximum absolute atomic E-state index is 5.04. The van der Waals surface area contributed by atoms with Gasteiger partial charge in [-0.15, -0.1) is 11.3 Å². The average Bonchev–Trinajstić information content (AvgIpc) is 3.43. The largest absolute Gasteiger partial charge is 0.341 e. The van der Waals surface area contributed by atoms with Gasteiger partial charge in [-0.3, -0.25) is 4.57 Å². The Bertz CT molecular complexity index is 1290. The highest BCUT2D eigenvalue weighted by Crippen LogP contribution is 2.46. The number of nitrogens with zero attached hydrogens (tertiary/aromatic N) is 3. The average molecular weight is 394 g/mol. The molecule has 4 heteroatoms. The summed E-state index contributed by atoms with van der Waals surface area (Å²) < 4.78 is 2.41. The molecule has 29 heavy (non-hydrogen) atoms. The van der Waals surface area contributed by atoms with Crippen LogP contribution < -0.4 is 4.90 Å². The number of hydrogen-bond donors (Lipinski definition) is 0. The van der Waals surface area contributed by atoms with Crippen molar-refractivity contribution in [2.75, 3.05) is 4.90 Å². The first-order valence-corrected chi connectivity index (χ1v) is 10.7. The Kier molecular flexibility index (Phi) is 3.77. The number of thiophene rings is 1. The molecule has 1 aliphatic rings. The summed E-state index contributed by atoms with van der Waals surface area (Å²) in [5, 5.41) is 2.16. The van der Waals surface area contributed by atoms with E-state index in [9.17, 15) is 0 Å². The quantitative estimate of drug-likeness (QED) is 0.357. The normalized spacial score (nSPS) is 15.3. The first-order valence-electron chi connectivity index (χ1n) is 9.80. The molecule has 0 aliphatic carbocycles. The van der Waals surface area contributed by atoms with E-state index in [1.165, 1.54) is 27.2 Å². The number of rotatable bonds is 3. The van der Waals surface area contributed by atoms with Gasteiger partial charge in [0.1, 0.15) is 12.0 Å². The lowest BCUT2D eigenvalue weighted by Crippen LogP contribution is -2.36. The van der Waals surface area contributed by atoms with E-state index in [1.54, 1.807) is 11.3 Å². The van der Waals surface area contributed by atoms with Crippen LogP contribution in [0.15, 0.2) is 96.4 Å². The van der Waals surface area contributed by atoms with Gasteiger partial charge in [-0.2, -0.15) is 0 Å². The van der Waals surface area contributed by atoms with E-state index in [4.69, 9.17) is 4.98 Å². The van der Waals surface area contributed by atoms with Crippen molar-refractivity contribution in [2.24, 2.45) is 0 Å². The van der Waals surface area contributed by atoms with Gasteiger partial charge in [0, 0.05) is 22.7 Å². The Morgan fingerprint density at radius 3 is 2.45 bits per heavy atom. The summed E-state index contributed by atoms with van der Waals surface area (Å²) in [7, 11) is 0. The Balaban J connectivity index is 1.64. The van der Waals surface area contributed by atoms with Crippen LogP contribution in [0.5, 0.6) is 0 Å². The summed E-state index contributed by atoms with van der Waals surface area (Å²) in [5.74, 6) is 1.05. The lowest BCUT2D eigenvalue weighted by Gasteiger charge is -2.40. The monoisotopic (exact) mass is 393 g/mol. The third-order valence-electron chi connectivity index (χ3n) is 5.58. The molecule has 0 spiro atoms. The SMILES string of the molecule is c1ccc(CN2c3ccccc3-c3nc4ccccc4n3[C@H]2c2cccs2)cc1. The standard InChI is InChI=1S/C25H19N3S/c1-2-9-18(10-3-1)17-27-21-13-6-4-11-19(21)24-26-20-12-5-7-14-22(20)28(24)25(27)23-15-8-16-29-23/h1-16,25H,17H2/t25-/m0/s1. The fraction of sp³-hybridized carbons (Fsp3) is 0.0800. The fourth-order valence-electron chi connectivity index (χ4n) is 4.34. The number of benzene rings is 3. The van der Waals surface area contributed by atoms with Crippen LogP contribution in [0.2, 0.25) is 0 Å². The Labute approximate surface area is 173 Å². The van der Waals surface area contributed by atoms with Crippen molar-refractivity contribution in [2.45, 2.75) is 12.7 Å². The number of anilines is 1. The zero-order chi connectivity index (χ0) is 19.2. The minimum Gasteiger partial charge on any atom is -0.341 e. The van der Waals surface area contributed by atoms with Crippen LogP contribution in [0.25, 0.3) is 22.4 Å². The van der Waals surface area contributed by atoms with Crippen molar-refractivity contribution in [3.8, 4) is 11.4 Å². The molecule has 3 nitrogen and oxygen atoms in total. The number of imidazole rings is 1. The maximum atomic E-state index is 5.04. The van der Waals surface area contributed by atoms with Crippen molar-refractivity contribution in [1.82, 2.24) is 9.55 Å². The van der Waals surface area contributed by atoms with E-state index in [-0.39, 0.29) is 6.17 Å². The molecule has 0 amide bonds. The molecular weight excluding hydrogens is 374 g/mol. The van der Waals surface area contributed by atoms with Crippen molar-refractivity contribution in [3.63, 3.8) is 0 Å². The van der Waals surface area contributed by atoms with E-state index in [2.05, 4.69) is 106 Å². The minimum absolute atomic E-state index is 0.0764. The highest BCUT2D eigenvalue weighted by Gasteiger charge is 2.34. The predicted molar refractivity (Wildman–Crippen MR) is 120 cm³/mol. The van der Waals surface area contributed by atoms with Crippen LogP contribution in [0.1, 0.15) is 16.6 Å². The molecule has 0 fully saturated rings. The second-order valence-electron chi connectivity index (χ2n) is 7.31. The lowest BCUT2D eigenvalue weighted by molar-refractivity contribution is 0.551. The molecule has 2 aromatic heterocycles. The first-order chi connectivity index (χ1) is 14.4. The van der Waals surface area contributed by atoms with Gasteiger partial charge in [0.05, 0.1) is 11.0 Å². The molecule has 1 aliphatic heterocycles. The fourth-order valence-corrected chi connectivity index (χ4v) is 5.16. The topological polar surface area (TPSA) is 21.1 Å². The Hall–Kier alpha value is -3.37. The zero-order valence-corrected chi connectivity index (χ0v) is 16.6. The van der Waals surface area contributed by atoms with E-state index in [0.717, 1.165) is 17.9 Å². The molecule has 1 atom stereocenters. The third-order valence-corrected chi connectivity index (χ3v) is 6.50. The van der Waals surface area contributed by atoms with Gasteiger partial charge in [-0.05, 0) is 41.3 Å². The molecule has 0 saturated carbocycles. The molecule has 0 unspecified atom stereocenters. The van der Waals surface area contributed by atoms with Crippen LogP contribution in [0.4, 0.5) is 5.69 Å². The molecule has 3 aromatic carbocycles. The Morgan fingerprint density at radius 1 is 0.793 bits per heavy atom. The molecule has 0 radical (unpaired) electrons. The van der Waals surface area contributed by atoms with Crippen molar-refractivity contribution in [3.05, 3.63) is 107 Å². The number of aromatic nitrogens is 2. The van der Waals surface area contributed by atoms with Crippen LogP contribution in [0, 0.1) is 0 Å². The maximum Gasteiger partial charge on any atom is 0.145 e. The van der Waals surface area contributed by atoms with Crippen LogP contribution >= 0.6 is 11.3 Å². The van der Waals surface area contributed by atoms with Crippen LogP contribution in [-0.2, 0) is 6.54 Å². The van der Waals surface area contributed by atoms with E-state index in [1.807, 2.05) is 0 Å². The van der Waals surface area contributed by atoms with Gasteiger partial charge >= 0.3 is 0 Å².